The van der Waals surface area contributed by atoms with E-state index in [1.54, 1.807) is 0 Å². The van der Waals surface area contributed by atoms with Crippen LogP contribution in [0.1, 0.15) is 28.7 Å². The number of nitrogens with zero attached hydrogens (tertiary/aromatic N) is 1. The van der Waals surface area contributed by atoms with E-state index in [9.17, 15) is 0 Å². The lowest BCUT2D eigenvalue weighted by atomic mass is 9.87. The van der Waals surface area contributed by atoms with Crippen LogP contribution >= 0.6 is 0 Å². The number of nitriles is 1. The van der Waals surface area contributed by atoms with Crippen LogP contribution in [0.2, 0.25) is 0 Å². The third kappa shape index (κ3) is 1.33. The van der Waals surface area contributed by atoms with Crippen LogP contribution in [0.15, 0.2) is 18.2 Å². The maximum atomic E-state index is 9.01. The summed E-state index contributed by atoms with van der Waals surface area (Å²) in [7, 11) is 0. The maximum absolute atomic E-state index is 9.01. The van der Waals surface area contributed by atoms with Crippen molar-refractivity contribution in [2.75, 3.05) is 0 Å². The highest BCUT2D eigenvalue weighted by molar-refractivity contribution is 5.81. The van der Waals surface area contributed by atoms with Gasteiger partial charge in [-0.1, -0.05) is 23.8 Å². The summed E-state index contributed by atoms with van der Waals surface area (Å²) in [6.07, 6.45) is 4.12. The molecule has 0 N–H and O–H groups in total. The van der Waals surface area contributed by atoms with Gasteiger partial charge in [0.05, 0.1) is 11.6 Å². The van der Waals surface area contributed by atoms with E-state index < -0.39 is 0 Å². The summed E-state index contributed by atoms with van der Waals surface area (Å²) in [5.74, 6) is 0. The van der Waals surface area contributed by atoms with Crippen molar-refractivity contribution in [2.24, 2.45) is 0 Å². The SMILES string of the molecule is Cc1cc(C)c2c(c1)CCC=C2C#N. The summed E-state index contributed by atoms with van der Waals surface area (Å²) < 4.78 is 0. The molecule has 0 radical (unpaired) electrons. The minimum atomic E-state index is 0.851. The number of rotatable bonds is 0. The highest BCUT2D eigenvalue weighted by atomic mass is 14.3. The molecule has 0 saturated heterocycles. The first kappa shape index (κ1) is 9.02. The molecule has 0 unspecified atom stereocenters. The summed E-state index contributed by atoms with van der Waals surface area (Å²) in [6.45, 7) is 4.19. The van der Waals surface area contributed by atoms with Gasteiger partial charge in [0, 0.05) is 0 Å². The molecule has 14 heavy (non-hydrogen) atoms. The Balaban J connectivity index is 2.67. The summed E-state index contributed by atoms with van der Waals surface area (Å²) in [5, 5.41) is 9.01. The van der Waals surface area contributed by atoms with E-state index in [0.29, 0.717) is 0 Å². The minimum Gasteiger partial charge on any atom is -0.192 e. The van der Waals surface area contributed by atoms with Crippen molar-refractivity contribution in [3.63, 3.8) is 0 Å². The minimum absolute atomic E-state index is 0.851. The van der Waals surface area contributed by atoms with E-state index in [2.05, 4.69) is 32.0 Å². The van der Waals surface area contributed by atoms with Crippen LogP contribution in [0.4, 0.5) is 0 Å². The molecule has 2 rings (SSSR count). The van der Waals surface area contributed by atoms with Crippen molar-refractivity contribution in [1.82, 2.24) is 0 Å². The molecular formula is C13H13N. The summed E-state index contributed by atoms with van der Waals surface area (Å²) in [5.41, 5.74) is 5.88. The number of fused-ring (bicyclic) bond motifs is 1. The van der Waals surface area contributed by atoms with Crippen LogP contribution in [0.25, 0.3) is 5.57 Å². The molecular weight excluding hydrogens is 170 g/mol. The largest absolute Gasteiger partial charge is 0.192 e. The Kier molecular flexibility index (Phi) is 2.13. The van der Waals surface area contributed by atoms with Crippen molar-refractivity contribution >= 4 is 5.57 Å². The third-order valence-corrected chi connectivity index (χ3v) is 2.71. The molecule has 0 fully saturated rings. The predicted molar refractivity (Wildman–Crippen MR) is 57.8 cm³/mol. The van der Waals surface area contributed by atoms with Crippen LogP contribution in [0, 0.1) is 25.2 Å². The van der Waals surface area contributed by atoms with Gasteiger partial charge in [-0.15, -0.1) is 0 Å². The number of allylic oxidation sites excluding steroid dienone is 2. The summed E-state index contributed by atoms with van der Waals surface area (Å²) in [6, 6.07) is 6.63. The molecule has 0 bridgehead atoms. The fourth-order valence-corrected chi connectivity index (χ4v) is 2.21. The second-order valence-electron chi connectivity index (χ2n) is 3.88. The highest BCUT2D eigenvalue weighted by Crippen LogP contribution is 2.29. The molecule has 0 amide bonds. The van der Waals surface area contributed by atoms with Crippen molar-refractivity contribution in [2.45, 2.75) is 26.7 Å². The van der Waals surface area contributed by atoms with Crippen LogP contribution in [0.5, 0.6) is 0 Å². The van der Waals surface area contributed by atoms with Gasteiger partial charge in [-0.25, -0.2) is 0 Å². The first-order valence-corrected chi connectivity index (χ1v) is 4.93. The van der Waals surface area contributed by atoms with E-state index in [1.165, 1.54) is 22.3 Å². The lowest BCUT2D eigenvalue weighted by Crippen LogP contribution is -2.02. The lowest BCUT2D eigenvalue weighted by Gasteiger charge is -2.16. The molecule has 1 heteroatoms. The van der Waals surface area contributed by atoms with Crippen molar-refractivity contribution in [3.8, 4) is 6.07 Å². The predicted octanol–water partition coefficient (Wildman–Crippen LogP) is 3.16. The number of aryl methyl sites for hydroxylation is 3. The van der Waals surface area contributed by atoms with E-state index in [-0.39, 0.29) is 0 Å². The monoisotopic (exact) mass is 183 g/mol. The van der Waals surface area contributed by atoms with Crippen molar-refractivity contribution < 1.29 is 0 Å². The lowest BCUT2D eigenvalue weighted by molar-refractivity contribution is 0.971. The Bertz CT molecular complexity index is 447. The van der Waals surface area contributed by atoms with Crippen LogP contribution < -0.4 is 0 Å². The van der Waals surface area contributed by atoms with Crippen LogP contribution in [-0.4, -0.2) is 0 Å². The highest BCUT2D eigenvalue weighted by Gasteiger charge is 2.14. The van der Waals surface area contributed by atoms with Gasteiger partial charge in [-0.05, 0) is 43.4 Å². The number of hydrogen-bond donors (Lipinski definition) is 0. The van der Waals surface area contributed by atoms with Crippen LogP contribution in [0.3, 0.4) is 0 Å². The van der Waals surface area contributed by atoms with E-state index in [0.717, 1.165) is 18.4 Å². The maximum Gasteiger partial charge on any atom is 0.0994 e. The van der Waals surface area contributed by atoms with Crippen molar-refractivity contribution in [1.29, 1.82) is 5.26 Å². The van der Waals surface area contributed by atoms with Gasteiger partial charge in [0.2, 0.25) is 0 Å². The van der Waals surface area contributed by atoms with Crippen LogP contribution in [-0.2, 0) is 6.42 Å². The Labute approximate surface area is 84.7 Å². The molecule has 0 aliphatic heterocycles. The van der Waals surface area contributed by atoms with E-state index >= 15 is 0 Å². The Hall–Kier alpha value is -1.55. The van der Waals surface area contributed by atoms with E-state index in [1.807, 2.05) is 6.08 Å². The molecule has 0 spiro atoms. The number of benzene rings is 1. The first-order chi connectivity index (χ1) is 6.72. The zero-order chi connectivity index (χ0) is 10.1. The molecule has 1 aromatic carbocycles. The van der Waals surface area contributed by atoms with Crippen molar-refractivity contribution in [3.05, 3.63) is 40.5 Å². The average molecular weight is 183 g/mol. The smallest absolute Gasteiger partial charge is 0.0994 e. The zero-order valence-electron chi connectivity index (χ0n) is 8.59. The molecule has 70 valence electrons. The fraction of sp³-hybridized carbons (Fsp3) is 0.308. The standard InChI is InChI=1S/C13H13N/c1-9-6-10(2)13-11(7-9)4-3-5-12(13)8-14/h5-7H,3-4H2,1-2H3. The molecule has 0 saturated carbocycles. The molecule has 0 aromatic heterocycles. The molecule has 1 nitrogen and oxygen atoms in total. The molecule has 1 aromatic rings. The normalized spacial score (nSPS) is 14.2. The Morgan fingerprint density at radius 2 is 2.07 bits per heavy atom. The van der Waals surface area contributed by atoms with Gasteiger partial charge in [-0.2, -0.15) is 5.26 Å². The van der Waals surface area contributed by atoms with Gasteiger partial charge in [0.15, 0.2) is 0 Å². The second kappa shape index (κ2) is 3.31. The van der Waals surface area contributed by atoms with Gasteiger partial charge in [0.25, 0.3) is 0 Å². The Morgan fingerprint density at radius 1 is 1.29 bits per heavy atom. The first-order valence-electron chi connectivity index (χ1n) is 4.93. The fourth-order valence-electron chi connectivity index (χ4n) is 2.21. The molecule has 0 atom stereocenters. The third-order valence-electron chi connectivity index (χ3n) is 2.71. The van der Waals surface area contributed by atoms with Gasteiger partial charge in [0.1, 0.15) is 0 Å². The molecule has 0 heterocycles. The summed E-state index contributed by atoms with van der Waals surface area (Å²) in [4.78, 5) is 0. The van der Waals surface area contributed by atoms with E-state index in [4.69, 9.17) is 5.26 Å². The quantitative estimate of drug-likeness (QED) is 0.606. The average Bonchev–Trinajstić information content (AvgIpc) is 2.16. The second-order valence-corrected chi connectivity index (χ2v) is 3.88. The molecule has 1 aliphatic rings. The molecule has 1 aliphatic carbocycles. The topological polar surface area (TPSA) is 23.8 Å². The van der Waals surface area contributed by atoms with Gasteiger partial charge >= 0.3 is 0 Å². The van der Waals surface area contributed by atoms with Gasteiger partial charge < -0.3 is 0 Å². The number of hydrogen-bond acceptors (Lipinski definition) is 1. The zero-order valence-corrected chi connectivity index (χ0v) is 8.59. The summed E-state index contributed by atoms with van der Waals surface area (Å²) >= 11 is 0. The van der Waals surface area contributed by atoms with Gasteiger partial charge in [-0.3, -0.25) is 0 Å². The Morgan fingerprint density at radius 3 is 2.79 bits per heavy atom.